The summed E-state index contributed by atoms with van der Waals surface area (Å²) in [5.41, 5.74) is -3.35. The first-order valence-corrected chi connectivity index (χ1v) is 8.45. The average molecular weight is 345 g/mol. The maximum absolute atomic E-state index is 12.8. The van der Waals surface area contributed by atoms with Crippen molar-refractivity contribution in [1.82, 2.24) is 10.2 Å². The molecule has 1 aliphatic rings. The molecule has 1 heterocycles. The summed E-state index contributed by atoms with van der Waals surface area (Å²) < 4.78 is 61.8. The van der Waals surface area contributed by atoms with E-state index in [1.165, 1.54) is 18.2 Å². The van der Waals surface area contributed by atoms with Crippen LogP contribution in [0.15, 0.2) is 35.4 Å². The zero-order valence-corrected chi connectivity index (χ0v) is 12.7. The number of alkyl halides is 3. The van der Waals surface area contributed by atoms with Crippen molar-refractivity contribution in [2.45, 2.75) is 35.7 Å². The van der Waals surface area contributed by atoms with Crippen LogP contribution < -0.4 is 5.32 Å². The maximum atomic E-state index is 12.8. The number of para-hydroxylation sites is 1. The van der Waals surface area contributed by atoms with Crippen LogP contribution in [0.4, 0.5) is 18.9 Å². The van der Waals surface area contributed by atoms with E-state index in [0.717, 1.165) is 17.3 Å². The van der Waals surface area contributed by atoms with E-state index in [1.54, 1.807) is 6.20 Å². The molecule has 2 N–H and O–H groups in total. The second kappa shape index (κ2) is 5.55. The molecule has 2 aromatic rings. The van der Waals surface area contributed by atoms with Crippen LogP contribution >= 0.6 is 0 Å². The zero-order valence-electron chi connectivity index (χ0n) is 11.9. The van der Waals surface area contributed by atoms with Gasteiger partial charge in [0, 0.05) is 11.7 Å². The number of aromatic amines is 1. The number of anilines is 1. The van der Waals surface area contributed by atoms with E-state index in [-0.39, 0.29) is 11.7 Å². The second-order valence-corrected chi connectivity index (χ2v) is 7.31. The Balaban J connectivity index is 1.88. The quantitative estimate of drug-likeness (QED) is 0.897. The molecule has 0 spiro atoms. The number of sulfone groups is 1. The molecule has 0 radical (unpaired) electrons. The molecular formula is C14H14F3N3O2S. The highest BCUT2D eigenvalue weighted by Gasteiger charge is 2.48. The molecular weight excluding hydrogens is 331 g/mol. The largest absolute Gasteiger partial charge is 0.501 e. The van der Waals surface area contributed by atoms with E-state index in [4.69, 9.17) is 0 Å². The van der Waals surface area contributed by atoms with E-state index in [1.807, 2.05) is 0 Å². The fraction of sp³-hybridized carbons (Fsp3) is 0.357. The Labute approximate surface area is 130 Å². The lowest BCUT2D eigenvalue weighted by Crippen LogP contribution is -2.29. The second-order valence-electron chi connectivity index (χ2n) is 5.40. The van der Waals surface area contributed by atoms with Crippen LogP contribution in [0.2, 0.25) is 0 Å². The molecule has 1 unspecified atom stereocenters. The maximum Gasteiger partial charge on any atom is 0.501 e. The van der Waals surface area contributed by atoms with Gasteiger partial charge in [0.15, 0.2) is 0 Å². The third-order valence-corrected chi connectivity index (χ3v) is 5.40. The SMILES string of the molecule is O=S(=O)(c1ccccc1NC1CCc2[nH]ncc2C1)C(F)(F)F. The van der Waals surface area contributed by atoms with E-state index in [9.17, 15) is 21.6 Å². The molecule has 0 saturated carbocycles. The lowest BCUT2D eigenvalue weighted by atomic mass is 9.93. The number of H-pyrrole nitrogens is 1. The lowest BCUT2D eigenvalue weighted by Gasteiger charge is -2.25. The number of nitrogens with zero attached hydrogens (tertiary/aromatic N) is 1. The first-order valence-electron chi connectivity index (χ1n) is 6.97. The number of fused-ring (bicyclic) bond motifs is 1. The minimum Gasteiger partial charge on any atom is -0.381 e. The molecule has 3 rings (SSSR count). The van der Waals surface area contributed by atoms with Gasteiger partial charge in [0.1, 0.15) is 0 Å². The normalized spacial score (nSPS) is 18.5. The van der Waals surface area contributed by atoms with E-state index < -0.39 is 20.2 Å². The fourth-order valence-electron chi connectivity index (χ4n) is 2.70. The third kappa shape index (κ3) is 2.92. The van der Waals surface area contributed by atoms with Crippen molar-refractivity contribution in [1.29, 1.82) is 0 Å². The highest BCUT2D eigenvalue weighted by atomic mass is 32.2. The van der Waals surface area contributed by atoms with Crippen LogP contribution in [0.25, 0.3) is 0 Å². The number of aromatic nitrogens is 2. The Kier molecular flexibility index (Phi) is 3.83. The predicted molar refractivity (Wildman–Crippen MR) is 77.7 cm³/mol. The lowest BCUT2D eigenvalue weighted by molar-refractivity contribution is -0.0435. The van der Waals surface area contributed by atoms with Crippen molar-refractivity contribution < 1.29 is 21.6 Å². The molecule has 1 aromatic carbocycles. The van der Waals surface area contributed by atoms with Gasteiger partial charge in [-0.2, -0.15) is 18.3 Å². The smallest absolute Gasteiger partial charge is 0.381 e. The first-order chi connectivity index (χ1) is 10.8. The Bertz CT molecular complexity index is 815. The summed E-state index contributed by atoms with van der Waals surface area (Å²) in [6.45, 7) is 0. The first kappa shape index (κ1) is 15.9. The number of rotatable bonds is 3. The van der Waals surface area contributed by atoms with Crippen molar-refractivity contribution in [3.05, 3.63) is 41.7 Å². The molecule has 0 aliphatic heterocycles. The van der Waals surface area contributed by atoms with Gasteiger partial charge in [-0.3, -0.25) is 5.10 Å². The van der Waals surface area contributed by atoms with Gasteiger partial charge in [-0.25, -0.2) is 8.42 Å². The van der Waals surface area contributed by atoms with Crippen molar-refractivity contribution in [2.24, 2.45) is 0 Å². The highest BCUT2D eigenvalue weighted by molar-refractivity contribution is 7.92. The Morgan fingerprint density at radius 1 is 1.26 bits per heavy atom. The number of benzene rings is 1. The van der Waals surface area contributed by atoms with Gasteiger partial charge in [0.2, 0.25) is 0 Å². The van der Waals surface area contributed by atoms with Crippen LogP contribution in [0.3, 0.4) is 0 Å². The summed E-state index contributed by atoms with van der Waals surface area (Å²) in [7, 11) is -5.39. The van der Waals surface area contributed by atoms with Crippen molar-refractivity contribution >= 4 is 15.5 Å². The highest BCUT2D eigenvalue weighted by Crippen LogP contribution is 2.35. The minimum atomic E-state index is -5.39. The van der Waals surface area contributed by atoms with Crippen LogP contribution in [0.1, 0.15) is 17.7 Å². The fourth-order valence-corrected chi connectivity index (χ4v) is 3.63. The number of aryl methyl sites for hydroxylation is 1. The summed E-state index contributed by atoms with van der Waals surface area (Å²) >= 11 is 0. The summed E-state index contributed by atoms with van der Waals surface area (Å²) in [5.74, 6) is 0. The summed E-state index contributed by atoms with van der Waals surface area (Å²) in [5, 5.41) is 9.75. The van der Waals surface area contributed by atoms with Gasteiger partial charge in [-0.15, -0.1) is 0 Å². The monoisotopic (exact) mass is 345 g/mol. The summed E-state index contributed by atoms with van der Waals surface area (Å²) in [4.78, 5) is -0.745. The minimum absolute atomic E-state index is 0.0261. The summed E-state index contributed by atoms with van der Waals surface area (Å²) in [6, 6.07) is 4.95. The van der Waals surface area contributed by atoms with Gasteiger partial charge in [-0.1, -0.05) is 12.1 Å². The van der Waals surface area contributed by atoms with Gasteiger partial charge in [0.05, 0.1) is 16.8 Å². The molecule has 0 bridgehead atoms. The van der Waals surface area contributed by atoms with Crippen LogP contribution in [0.5, 0.6) is 0 Å². The van der Waals surface area contributed by atoms with Gasteiger partial charge in [0.25, 0.3) is 9.84 Å². The molecule has 1 aliphatic carbocycles. The average Bonchev–Trinajstić information content (AvgIpc) is 2.94. The molecule has 23 heavy (non-hydrogen) atoms. The number of halogens is 3. The molecule has 124 valence electrons. The molecule has 5 nitrogen and oxygen atoms in total. The summed E-state index contributed by atoms with van der Waals surface area (Å²) in [6.07, 6.45) is 3.64. The number of hydrogen-bond donors (Lipinski definition) is 2. The van der Waals surface area contributed by atoms with Crippen LogP contribution in [-0.2, 0) is 22.7 Å². The molecule has 9 heteroatoms. The van der Waals surface area contributed by atoms with E-state index in [0.29, 0.717) is 19.3 Å². The molecule has 0 amide bonds. The van der Waals surface area contributed by atoms with Gasteiger partial charge >= 0.3 is 5.51 Å². The molecule has 0 saturated heterocycles. The molecule has 1 aromatic heterocycles. The van der Waals surface area contributed by atoms with Crippen LogP contribution in [0, 0.1) is 0 Å². The predicted octanol–water partition coefficient (Wildman–Crippen LogP) is 2.67. The zero-order chi connectivity index (χ0) is 16.7. The standard InChI is InChI=1S/C14H14F3N3O2S/c15-14(16,17)23(21,22)13-4-2-1-3-12(13)19-10-5-6-11-9(7-10)8-18-20-11/h1-4,8,10,19H,5-7H2,(H,18,20). The van der Waals surface area contributed by atoms with Gasteiger partial charge in [-0.05, 0) is 37.0 Å². The molecule has 0 fully saturated rings. The Hall–Kier alpha value is -2.03. The van der Waals surface area contributed by atoms with E-state index >= 15 is 0 Å². The van der Waals surface area contributed by atoms with Crippen molar-refractivity contribution in [3.63, 3.8) is 0 Å². The van der Waals surface area contributed by atoms with Crippen LogP contribution in [-0.4, -0.2) is 30.2 Å². The van der Waals surface area contributed by atoms with E-state index in [2.05, 4.69) is 15.5 Å². The Morgan fingerprint density at radius 3 is 2.74 bits per heavy atom. The number of hydrogen-bond acceptors (Lipinski definition) is 4. The molecule has 1 atom stereocenters. The van der Waals surface area contributed by atoms with Crippen molar-refractivity contribution in [2.75, 3.05) is 5.32 Å². The van der Waals surface area contributed by atoms with Crippen molar-refractivity contribution in [3.8, 4) is 0 Å². The number of nitrogens with one attached hydrogen (secondary N) is 2. The third-order valence-electron chi connectivity index (χ3n) is 3.86. The van der Waals surface area contributed by atoms with Gasteiger partial charge < -0.3 is 5.32 Å². The topological polar surface area (TPSA) is 74.8 Å². The Morgan fingerprint density at radius 2 is 2.00 bits per heavy atom.